The molecular weight excluding hydrogens is 209 g/mol. The van der Waals surface area contributed by atoms with Crippen molar-refractivity contribution >= 4 is 24.8 Å². The zero-order chi connectivity index (χ0) is 7.61. The van der Waals surface area contributed by atoms with Crippen LogP contribution in [0.5, 0.6) is 0 Å². The number of rotatable bonds is 1. The third-order valence-electron chi connectivity index (χ3n) is 1.74. The molecule has 6 heteroatoms. The predicted octanol–water partition coefficient (Wildman–Crippen LogP) is 1.03. The van der Waals surface area contributed by atoms with Gasteiger partial charge in [-0.3, -0.25) is 0 Å². The third-order valence-corrected chi connectivity index (χ3v) is 1.74. The quantitative estimate of drug-likeness (QED) is 0.696. The Kier molecular flexibility index (Phi) is 7.32. The zero-order valence-corrected chi connectivity index (χ0v) is 8.19. The highest BCUT2D eigenvalue weighted by atomic mass is 35.5. The van der Waals surface area contributed by atoms with Crippen LogP contribution in [-0.2, 0) is 0 Å². The first-order chi connectivity index (χ1) is 4.64. The Labute approximate surface area is 83.1 Å². The van der Waals surface area contributed by atoms with Crippen LogP contribution in [0.3, 0.4) is 0 Å². The number of nitrogens with two attached hydrogens (primary N) is 1. The second-order valence-electron chi connectivity index (χ2n) is 2.79. The van der Waals surface area contributed by atoms with Crippen molar-refractivity contribution in [1.82, 2.24) is 5.32 Å². The van der Waals surface area contributed by atoms with E-state index in [9.17, 15) is 8.78 Å². The van der Waals surface area contributed by atoms with Gasteiger partial charge in [0, 0.05) is 6.42 Å². The van der Waals surface area contributed by atoms with E-state index in [-0.39, 0.29) is 43.7 Å². The summed E-state index contributed by atoms with van der Waals surface area (Å²) < 4.78 is 25.0. The highest BCUT2D eigenvalue weighted by Crippen LogP contribution is 2.25. The lowest BCUT2D eigenvalue weighted by atomic mass is 9.97. The number of halogens is 4. The number of hydrogen-bond donors (Lipinski definition) is 2. The molecule has 3 N–H and O–H groups in total. The summed E-state index contributed by atoms with van der Waals surface area (Å²) in [6.07, 6.45) is -0.0590. The van der Waals surface area contributed by atoms with Crippen molar-refractivity contribution < 1.29 is 8.78 Å². The van der Waals surface area contributed by atoms with Gasteiger partial charge in [-0.2, -0.15) is 0 Å². The summed E-state index contributed by atoms with van der Waals surface area (Å²) in [5, 5.41) is 2.65. The highest BCUT2D eigenvalue weighted by molar-refractivity contribution is 5.85. The number of piperidine rings is 1. The van der Waals surface area contributed by atoms with Gasteiger partial charge in [0.1, 0.15) is 0 Å². The largest absolute Gasteiger partial charge is 0.330 e. The fourth-order valence-electron chi connectivity index (χ4n) is 1.19. The van der Waals surface area contributed by atoms with Crippen LogP contribution in [0.25, 0.3) is 0 Å². The van der Waals surface area contributed by atoms with Crippen LogP contribution in [0, 0.1) is 5.92 Å². The minimum Gasteiger partial charge on any atom is -0.330 e. The van der Waals surface area contributed by atoms with Crippen LogP contribution < -0.4 is 11.1 Å². The lowest BCUT2D eigenvalue weighted by molar-refractivity contribution is -0.0376. The topological polar surface area (TPSA) is 38.0 Å². The van der Waals surface area contributed by atoms with Crippen molar-refractivity contribution in [2.75, 3.05) is 19.6 Å². The Hall–Kier alpha value is 0.360. The van der Waals surface area contributed by atoms with Crippen molar-refractivity contribution in [3.63, 3.8) is 0 Å². The molecule has 0 aromatic heterocycles. The molecule has 1 aliphatic heterocycles. The normalized spacial score (nSPS) is 26.8. The van der Waals surface area contributed by atoms with E-state index in [0.29, 0.717) is 13.1 Å². The third kappa shape index (κ3) is 4.40. The molecule has 12 heavy (non-hydrogen) atoms. The average molecular weight is 223 g/mol. The van der Waals surface area contributed by atoms with E-state index < -0.39 is 5.92 Å². The molecule has 0 radical (unpaired) electrons. The highest BCUT2D eigenvalue weighted by Gasteiger charge is 2.35. The van der Waals surface area contributed by atoms with Gasteiger partial charge in [-0.1, -0.05) is 0 Å². The molecule has 1 fully saturated rings. The summed E-state index contributed by atoms with van der Waals surface area (Å²) >= 11 is 0. The first kappa shape index (κ1) is 14.9. The first-order valence-corrected chi connectivity index (χ1v) is 3.43. The Morgan fingerprint density at radius 1 is 1.42 bits per heavy atom. The lowest BCUT2D eigenvalue weighted by Gasteiger charge is -2.28. The SMILES string of the molecule is Cl.Cl.NCC1CNCC(F)(F)C1. The molecular formula is C6H14Cl2F2N2. The Morgan fingerprint density at radius 3 is 2.33 bits per heavy atom. The summed E-state index contributed by atoms with van der Waals surface area (Å²) in [5.41, 5.74) is 5.25. The fraction of sp³-hybridized carbons (Fsp3) is 1.00. The molecule has 0 aliphatic carbocycles. The van der Waals surface area contributed by atoms with Gasteiger partial charge < -0.3 is 11.1 Å². The van der Waals surface area contributed by atoms with Crippen LogP contribution in [0.4, 0.5) is 8.78 Å². The molecule has 1 aliphatic rings. The summed E-state index contributed by atoms with van der Waals surface area (Å²) in [4.78, 5) is 0. The summed E-state index contributed by atoms with van der Waals surface area (Å²) in [7, 11) is 0. The van der Waals surface area contributed by atoms with Gasteiger partial charge >= 0.3 is 0 Å². The minimum atomic E-state index is -2.54. The van der Waals surface area contributed by atoms with Crippen LogP contribution in [0.2, 0.25) is 0 Å². The molecule has 1 heterocycles. The molecule has 1 saturated heterocycles. The van der Waals surface area contributed by atoms with E-state index in [0.717, 1.165) is 0 Å². The number of nitrogens with one attached hydrogen (secondary N) is 1. The fourth-order valence-corrected chi connectivity index (χ4v) is 1.19. The molecule has 76 valence electrons. The lowest BCUT2D eigenvalue weighted by Crippen LogP contribution is -2.46. The molecule has 0 saturated carbocycles. The van der Waals surface area contributed by atoms with E-state index in [1.54, 1.807) is 0 Å². The van der Waals surface area contributed by atoms with E-state index >= 15 is 0 Å². The molecule has 0 amide bonds. The summed E-state index contributed by atoms with van der Waals surface area (Å²) in [6, 6.07) is 0. The van der Waals surface area contributed by atoms with Crippen LogP contribution in [0.15, 0.2) is 0 Å². The van der Waals surface area contributed by atoms with E-state index in [4.69, 9.17) is 5.73 Å². The molecule has 1 unspecified atom stereocenters. The van der Waals surface area contributed by atoms with Crippen LogP contribution in [0.1, 0.15) is 6.42 Å². The van der Waals surface area contributed by atoms with E-state index in [2.05, 4.69) is 5.32 Å². The van der Waals surface area contributed by atoms with Gasteiger partial charge in [-0.05, 0) is 19.0 Å². The smallest absolute Gasteiger partial charge is 0.260 e. The van der Waals surface area contributed by atoms with E-state index in [1.807, 2.05) is 0 Å². The van der Waals surface area contributed by atoms with Crippen molar-refractivity contribution in [2.45, 2.75) is 12.3 Å². The van der Waals surface area contributed by atoms with Crippen LogP contribution >= 0.6 is 24.8 Å². The molecule has 0 spiro atoms. The molecule has 2 nitrogen and oxygen atoms in total. The first-order valence-electron chi connectivity index (χ1n) is 3.43. The molecule has 0 aromatic rings. The Bertz CT molecular complexity index is 124. The average Bonchev–Trinajstić information content (AvgIpc) is 1.86. The number of hydrogen-bond acceptors (Lipinski definition) is 2. The zero-order valence-electron chi connectivity index (χ0n) is 6.56. The molecule has 1 atom stereocenters. The molecule has 0 aromatic carbocycles. The maximum absolute atomic E-state index is 12.5. The van der Waals surface area contributed by atoms with Crippen molar-refractivity contribution in [2.24, 2.45) is 11.7 Å². The molecule has 1 rings (SSSR count). The van der Waals surface area contributed by atoms with Crippen molar-refractivity contribution in [3.05, 3.63) is 0 Å². The monoisotopic (exact) mass is 222 g/mol. The summed E-state index contributed by atoms with van der Waals surface area (Å²) in [5.74, 6) is -2.59. The van der Waals surface area contributed by atoms with Crippen molar-refractivity contribution in [1.29, 1.82) is 0 Å². The minimum absolute atomic E-state index is 0. The maximum atomic E-state index is 12.5. The summed E-state index contributed by atoms with van der Waals surface area (Å²) in [6.45, 7) is 0.790. The Morgan fingerprint density at radius 2 is 2.00 bits per heavy atom. The van der Waals surface area contributed by atoms with Gasteiger partial charge in [0.2, 0.25) is 0 Å². The standard InChI is InChI=1S/C6H12F2N2.2ClH/c7-6(8)1-5(2-9)3-10-4-6;;/h5,10H,1-4,9H2;2*1H. The van der Waals surface area contributed by atoms with Gasteiger partial charge in [-0.25, -0.2) is 8.78 Å². The van der Waals surface area contributed by atoms with Gasteiger partial charge in [0.15, 0.2) is 0 Å². The van der Waals surface area contributed by atoms with Gasteiger partial charge in [0.05, 0.1) is 6.54 Å². The van der Waals surface area contributed by atoms with Gasteiger partial charge in [-0.15, -0.1) is 24.8 Å². The van der Waals surface area contributed by atoms with E-state index in [1.165, 1.54) is 0 Å². The number of alkyl halides is 2. The Balaban J connectivity index is 0. The second-order valence-corrected chi connectivity index (χ2v) is 2.79. The molecule has 0 bridgehead atoms. The predicted molar refractivity (Wildman–Crippen MR) is 49.5 cm³/mol. The van der Waals surface area contributed by atoms with Crippen LogP contribution in [-0.4, -0.2) is 25.6 Å². The van der Waals surface area contributed by atoms with Gasteiger partial charge in [0.25, 0.3) is 5.92 Å². The van der Waals surface area contributed by atoms with Crippen molar-refractivity contribution in [3.8, 4) is 0 Å². The second kappa shape index (κ2) is 5.91. The maximum Gasteiger partial charge on any atom is 0.260 e.